The number of rotatable bonds is 8. The van der Waals surface area contributed by atoms with E-state index in [4.69, 9.17) is 4.74 Å². The number of amides is 6. The second kappa shape index (κ2) is 13.3. The molecule has 11 heteroatoms. The van der Waals surface area contributed by atoms with Gasteiger partial charge in [-0.3, -0.25) is 24.1 Å². The molecule has 11 nitrogen and oxygen atoms in total. The summed E-state index contributed by atoms with van der Waals surface area (Å²) in [5.41, 5.74) is 4.09. The molecule has 248 valence electrons. The molecule has 1 fully saturated rings. The van der Waals surface area contributed by atoms with E-state index < -0.39 is 36.2 Å². The fraction of sp³-hybridized carbons (Fsp3) is 0.237. The van der Waals surface area contributed by atoms with Gasteiger partial charge in [0.25, 0.3) is 11.8 Å². The highest BCUT2D eigenvalue weighted by Crippen LogP contribution is 2.43. The van der Waals surface area contributed by atoms with E-state index in [1.807, 2.05) is 60.7 Å². The Labute approximate surface area is 283 Å². The first-order chi connectivity index (χ1) is 23.8. The van der Waals surface area contributed by atoms with Crippen LogP contribution in [0.15, 0.2) is 97.1 Å². The Balaban J connectivity index is 1.07. The largest absolute Gasteiger partial charge is 0.497 e. The second-order valence-electron chi connectivity index (χ2n) is 12.4. The topological polar surface area (TPSA) is 128 Å². The van der Waals surface area contributed by atoms with Crippen molar-refractivity contribution in [2.24, 2.45) is 5.92 Å². The Hall–Kier alpha value is -5.97. The van der Waals surface area contributed by atoms with Crippen LogP contribution in [0.5, 0.6) is 5.75 Å². The molecule has 2 aliphatic heterocycles. The summed E-state index contributed by atoms with van der Waals surface area (Å²) in [5, 5.41) is 5.68. The van der Waals surface area contributed by atoms with Crippen LogP contribution in [0.4, 0.5) is 21.9 Å². The predicted octanol–water partition coefficient (Wildman–Crippen LogP) is 5.36. The lowest BCUT2D eigenvalue weighted by Gasteiger charge is -2.31. The van der Waals surface area contributed by atoms with Crippen LogP contribution in [0.25, 0.3) is 0 Å². The first kappa shape index (κ1) is 31.6. The van der Waals surface area contributed by atoms with E-state index in [1.54, 1.807) is 53.3 Å². The third kappa shape index (κ3) is 6.11. The molecule has 0 aromatic heterocycles. The van der Waals surface area contributed by atoms with Crippen LogP contribution < -0.4 is 25.2 Å². The number of para-hydroxylation sites is 2. The van der Waals surface area contributed by atoms with E-state index in [1.165, 1.54) is 0 Å². The summed E-state index contributed by atoms with van der Waals surface area (Å²) in [6, 6.07) is 27.8. The molecule has 2 N–H and O–H groups in total. The Morgan fingerprint density at radius 2 is 1.39 bits per heavy atom. The summed E-state index contributed by atoms with van der Waals surface area (Å²) in [5.74, 6) is -1.17. The van der Waals surface area contributed by atoms with Crippen molar-refractivity contribution < 1.29 is 28.7 Å². The SMILES string of the molecule is COc1ccc(CNC(=O)Nc2ccc(CN3C(=O)[C@H]4CCC[C@H]4N(C(=O)CN4C(=O)c5ccccc5C4=O)c4ccccc43)cc2)cc1. The molecule has 4 aromatic rings. The first-order valence-corrected chi connectivity index (χ1v) is 16.3. The highest BCUT2D eigenvalue weighted by Gasteiger charge is 2.47. The molecule has 3 aliphatic rings. The Bertz CT molecular complexity index is 1910. The highest BCUT2D eigenvalue weighted by molar-refractivity contribution is 6.23. The number of nitrogens with one attached hydrogen (secondary N) is 2. The summed E-state index contributed by atoms with van der Waals surface area (Å²) < 4.78 is 5.17. The zero-order chi connectivity index (χ0) is 34.1. The molecule has 0 radical (unpaired) electrons. The molecular weight excluding hydrogens is 622 g/mol. The van der Waals surface area contributed by atoms with Crippen molar-refractivity contribution in [2.75, 3.05) is 28.8 Å². The van der Waals surface area contributed by atoms with Gasteiger partial charge in [-0.2, -0.15) is 0 Å². The number of hydrogen-bond donors (Lipinski definition) is 2. The fourth-order valence-electron chi connectivity index (χ4n) is 6.98. The number of urea groups is 1. The average molecular weight is 658 g/mol. The monoisotopic (exact) mass is 657 g/mol. The van der Waals surface area contributed by atoms with E-state index in [-0.39, 0.29) is 29.6 Å². The number of nitrogens with zero attached hydrogens (tertiary/aromatic N) is 3. The van der Waals surface area contributed by atoms with Crippen molar-refractivity contribution in [3.05, 3.63) is 119 Å². The lowest BCUT2D eigenvalue weighted by Crippen LogP contribution is -2.49. The van der Waals surface area contributed by atoms with Crippen molar-refractivity contribution in [3.8, 4) is 5.75 Å². The van der Waals surface area contributed by atoms with Gasteiger partial charge in [0.15, 0.2) is 0 Å². The number of imide groups is 1. The molecular formula is C38H35N5O6. The molecule has 7 rings (SSSR count). The van der Waals surface area contributed by atoms with Gasteiger partial charge in [-0.25, -0.2) is 4.79 Å². The van der Waals surface area contributed by atoms with Gasteiger partial charge in [0.05, 0.1) is 42.1 Å². The summed E-state index contributed by atoms with van der Waals surface area (Å²) in [4.78, 5) is 71.4. The lowest BCUT2D eigenvalue weighted by molar-refractivity contribution is -0.123. The molecule has 1 saturated carbocycles. The Kier molecular flexibility index (Phi) is 8.56. The van der Waals surface area contributed by atoms with Crippen LogP contribution in [0, 0.1) is 5.92 Å². The van der Waals surface area contributed by atoms with Gasteiger partial charge in [-0.05, 0) is 72.5 Å². The maximum Gasteiger partial charge on any atom is 0.319 e. The molecule has 0 bridgehead atoms. The minimum atomic E-state index is -0.495. The zero-order valence-corrected chi connectivity index (χ0v) is 26.9. The predicted molar refractivity (Wildman–Crippen MR) is 183 cm³/mol. The normalized spacial score (nSPS) is 18.1. The van der Waals surface area contributed by atoms with Crippen molar-refractivity contribution in [1.82, 2.24) is 10.2 Å². The van der Waals surface area contributed by atoms with Crippen LogP contribution in [0.2, 0.25) is 0 Å². The van der Waals surface area contributed by atoms with E-state index >= 15 is 0 Å². The number of carbonyl (C=O) groups excluding carboxylic acids is 5. The maximum absolute atomic E-state index is 14.2. The van der Waals surface area contributed by atoms with Crippen molar-refractivity contribution >= 4 is 46.7 Å². The molecule has 4 aromatic carbocycles. The number of ether oxygens (including phenoxy) is 1. The number of anilines is 3. The fourth-order valence-corrected chi connectivity index (χ4v) is 6.98. The maximum atomic E-state index is 14.2. The minimum absolute atomic E-state index is 0.0777. The lowest BCUT2D eigenvalue weighted by atomic mass is 10.0. The summed E-state index contributed by atoms with van der Waals surface area (Å²) in [6.07, 6.45) is 2.03. The Morgan fingerprint density at radius 1 is 0.755 bits per heavy atom. The third-order valence-corrected chi connectivity index (χ3v) is 9.43. The summed E-state index contributed by atoms with van der Waals surface area (Å²) in [7, 11) is 1.60. The quantitative estimate of drug-likeness (QED) is 0.246. The highest BCUT2D eigenvalue weighted by atomic mass is 16.5. The number of methoxy groups -OCH3 is 1. The van der Waals surface area contributed by atoms with Gasteiger partial charge < -0.3 is 25.2 Å². The van der Waals surface area contributed by atoms with Crippen LogP contribution >= 0.6 is 0 Å². The standard InChI is InChI=1S/C38H35N5O6/c1-49-27-19-15-24(16-20-27)21-39-38(48)40-26-17-13-25(14-18-26)22-41-32-10-4-5-11-33(32)43(31-12-6-9-30(31)37(41)47)34(44)23-42-35(45)28-7-2-3-8-29(28)36(42)46/h2-5,7-8,10-11,13-20,30-31H,6,9,12,21-23H2,1H3,(H2,39,40,48)/t30-,31+/m0/s1. The van der Waals surface area contributed by atoms with Crippen LogP contribution in [-0.2, 0) is 22.7 Å². The van der Waals surface area contributed by atoms with Crippen LogP contribution in [0.3, 0.4) is 0 Å². The molecule has 2 atom stereocenters. The molecule has 49 heavy (non-hydrogen) atoms. The second-order valence-corrected chi connectivity index (χ2v) is 12.4. The number of fused-ring (bicyclic) bond motifs is 3. The smallest absolute Gasteiger partial charge is 0.319 e. The van der Waals surface area contributed by atoms with E-state index in [0.29, 0.717) is 36.4 Å². The molecule has 0 spiro atoms. The van der Waals surface area contributed by atoms with Gasteiger partial charge in [-0.15, -0.1) is 0 Å². The van der Waals surface area contributed by atoms with Crippen LogP contribution in [0.1, 0.15) is 51.1 Å². The van der Waals surface area contributed by atoms with E-state index in [9.17, 15) is 24.0 Å². The zero-order valence-electron chi connectivity index (χ0n) is 26.9. The number of carbonyl (C=O) groups is 5. The van der Waals surface area contributed by atoms with E-state index in [2.05, 4.69) is 10.6 Å². The number of hydrogen-bond acceptors (Lipinski definition) is 6. The molecule has 6 amide bonds. The third-order valence-electron chi connectivity index (χ3n) is 9.43. The minimum Gasteiger partial charge on any atom is -0.497 e. The number of benzene rings is 4. The molecule has 2 heterocycles. The van der Waals surface area contributed by atoms with Crippen molar-refractivity contribution in [3.63, 3.8) is 0 Å². The van der Waals surface area contributed by atoms with Gasteiger partial charge in [0.2, 0.25) is 11.8 Å². The van der Waals surface area contributed by atoms with Crippen molar-refractivity contribution in [2.45, 2.75) is 38.4 Å². The van der Waals surface area contributed by atoms with Crippen LogP contribution in [-0.4, -0.2) is 54.3 Å². The first-order valence-electron chi connectivity index (χ1n) is 16.3. The van der Waals surface area contributed by atoms with Gasteiger partial charge >= 0.3 is 6.03 Å². The van der Waals surface area contributed by atoms with Gasteiger partial charge in [0.1, 0.15) is 12.3 Å². The Morgan fingerprint density at radius 3 is 2.06 bits per heavy atom. The summed E-state index contributed by atoms with van der Waals surface area (Å²) >= 11 is 0. The van der Waals surface area contributed by atoms with Crippen molar-refractivity contribution in [1.29, 1.82) is 0 Å². The average Bonchev–Trinajstić information content (AvgIpc) is 3.67. The molecule has 0 saturated heterocycles. The molecule has 0 unspecified atom stereocenters. The molecule has 1 aliphatic carbocycles. The van der Waals surface area contributed by atoms with Gasteiger partial charge in [-0.1, -0.05) is 55.0 Å². The van der Waals surface area contributed by atoms with Gasteiger partial charge in [0, 0.05) is 18.3 Å². The van der Waals surface area contributed by atoms with E-state index in [0.717, 1.165) is 28.2 Å². The summed E-state index contributed by atoms with van der Waals surface area (Å²) in [6.45, 7) is 0.189.